The van der Waals surface area contributed by atoms with Crippen LogP contribution in [-0.2, 0) is 46.4 Å². The summed E-state index contributed by atoms with van der Waals surface area (Å²) in [5, 5.41) is 10.5. The van der Waals surface area contributed by atoms with Gasteiger partial charge in [0.1, 0.15) is 22.8 Å². The molecule has 74 heavy (non-hydrogen) atoms. The van der Waals surface area contributed by atoms with Gasteiger partial charge in [0.2, 0.25) is 5.91 Å². The number of amides is 4. The van der Waals surface area contributed by atoms with Crippen LogP contribution in [-0.4, -0.2) is 170 Å². The summed E-state index contributed by atoms with van der Waals surface area (Å²) in [6, 6.07) is 10.1. The number of esters is 1. The van der Waals surface area contributed by atoms with Gasteiger partial charge in [-0.15, -0.1) is 0 Å². The fourth-order valence-corrected chi connectivity index (χ4v) is 12.9. The summed E-state index contributed by atoms with van der Waals surface area (Å²) >= 11 is 0. The number of rotatable bonds is 7. The van der Waals surface area contributed by atoms with Gasteiger partial charge < -0.3 is 29.2 Å². The van der Waals surface area contributed by atoms with Gasteiger partial charge in [0.05, 0.1) is 48.3 Å². The molecule has 1 spiro atoms. The number of nitrogens with zero attached hydrogens (tertiary/aromatic N) is 8. The third-order valence-electron chi connectivity index (χ3n) is 15.8. The highest BCUT2D eigenvalue weighted by Gasteiger charge is 2.64. The maximum Gasteiger partial charge on any atom is 0.323 e. The molecule has 3 N–H and O–H groups in total. The first kappa shape index (κ1) is 52.8. The van der Waals surface area contributed by atoms with Crippen LogP contribution in [0.2, 0.25) is 5.04 Å². The second-order valence-corrected chi connectivity index (χ2v) is 24.5. The monoisotopic (exact) mass is 1040 g/mol. The van der Waals surface area contributed by atoms with Gasteiger partial charge in [0.25, 0.3) is 17.7 Å². The number of aromatic nitrogens is 5. The zero-order valence-electron chi connectivity index (χ0n) is 44.1. The number of allylic oxidation sites excluding steroid dienone is 1. The van der Waals surface area contributed by atoms with Crippen molar-refractivity contribution in [1.29, 1.82) is 0 Å². The Hall–Kier alpha value is -6.06. The number of likely N-dealkylation sites (N-methyl/N-ethyl adjacent to an activating group) is 1. The number of H-pyrrole nitrogens is 1. The molecule has 7 heterocycles. The maximum absolute atomic E-state index is 16.7. The number of hydrazine groups is 1. The van der Waals surface area contributed by atoms with Crippen LogP contribution in [0.15, 0.2) is 47.8 Å². The molecule has 3 aromatic heterocycles. The predicted octanol–water partition coefficient (Wildman–Crippen LogP) is 4.16. The number of piperidine rings is 1. The normalized spacial score (nSPS) is 25.1. The van der Waals surface area contributed by atoms with Crippen molar-refractivity contribution in [2.24, 2.45) is 5.41 Å². The molecule has 4 amide bonds. The zero-order chi connectivity index (χ0) is 53.4. The Bertz CT molecular complexity index is 3060. The first-order valence-electron chi connectivity index (χ1n) is 25.2. The van der Waals surface area contributed by atoms with Crippen LogP contribution < -0.4 is 10.7 Å². The highest BCUT2D eigenvalue weighted by Crippen LogP contribution is 2.57. The Balaban J connectivity index is 1.02. The van der Waals surface area contributed by atoms with Crippen molar-refractivity contribution in [3.8, 4) is 34.5 Å². The van der Waals surface area contributed by atoms with E-state index in [9.17, 15) is 19.2 Å². The number of pyridine rings is 1. The number of halogens is 1. The van der Waals surface area contributed by atoms with Crippen molar-refractivity contribution in [3.63, 3.8) is 0 Å². The van der Waals surface area contributed by atoms with E-state index in [1.165, 1.54) is 17.0 Å². The van der Waals surface area contributed by atoms with Crippen molar-refractivity contribution < 1.29 is 37.8 Å². The van der Waals surface area contributed by atoms with E-state index in [0.717, 1.165) is 43.9 Å². The number of alkyl halides is 1. The molecule has 4 aromatic rings. The summed E-state index contributed by atoms with van der Waals surface area (Å²) in [6.45, 7) is 14.2. The Morgan fingerprint density at radius 2 is 1.82 bits per heavy atom. The second kappa shape index (κ2) is 19.3. The van der Waals surface area contributed by atoms with Crippen LogP contribution in [0.5, 0.6) is 0 Å². The first-order chi connectivity index (χ1) is 34.9. The van der Waals surface area contributed by atoms with Crippen LogP contribution in [0, 0.1) is 17.3 Å². The number of benzene rings is 1. The molecule has 18 nitrogen and oxygen atoms in total. The lowest BCUT2D eigenvalue weighted by atomic mass is 9.67. The number of ether oxygens (including phenoxy) is 2. The minimum Gasteiger partial charge on any atom is -0.464 e. The molecule has 4 aliphatic heterocycles. The average molecular weight is 1040 g/mol. The van der Waals surface area contributed by atoms with Gasteiger partial charge in [-0.25, -0.2) is 14.8 Å². The van der Waals surface area contributed by atoms with Gasteiger partial charge in [-0.1, -0.05) is 19.8 Å². The predicted molar refractivity (Wildman–Crippen MR) is 276 cm³/mol. The number of aryl methyl sites for hydroxylation is 1. The van der Waals surface area contributed by atoms with Crippen molar-refractivity contribution >= 4 is 60.3 Å². The lowest BCUT2D eigenvalue weighted by Gasteiger charge is -2.44. The highest BCUT2D eigenvalue weighted by molar-refractivity contribution is 6.64. The van der Waals surface area contributed by atoms with E-state index in [1.54, 1.807) is 27.2 Å². The second-order valence-electron chi connectivity index (χ2n) is 21.9. The van der Waals surface area contributed by atoms with Gasteiger partial charge in [0.15, 0.2) is 11.5 Å². The Morgan fingerprint density at radius 3 is 2.50 bits per heavy atom. The summed E-state index contributed by atoms with van der Waals surface area (Å²) in [4.78, 5) is 85.4. The van der Waals surface area contributed by atoms with E-state index in [0.29, 0.717) is 36.6 Å². The molecular formula is C53H65FN11O7Si2. The van der Waals surface area contributed by atoms with Crippen molar-refractivity contribution in [1.82, 2.24) is 55.2 Å². The summed E-state index contributed by atoms with van der Waals surface area (Å²) in [7, 11) is 10.4. The molecule has 1 aliphatic carbocycles. The van der Waals surface area contributed by atoms with Gasteiger partial charge >= 0.3 is 5.97 Å². The summed E-state index contributed by atoms with van der Waals surface area (Å²) in [6.07, 6.45) is 1.53. The number of hydrogen-bond acceptors (Lipinski definition) is 12. The van der Waals surface area contributed by atoms with Crippen molar-refractivity contribution in [3.05, 3.63) is 64.9 Å². The minimum absolute atomic E-state index is 0.00157. The molecule has 5 atom stereocenters. The van der Waals surface area contributed by atoms with E-state index in [2.05, 4.69) is 86.6 Å². The van der Waals surface area contributed by atoms with Crippen LogP contribution in [0.4, 0.5) is 4.39 Å². The fraction of sp³-hybridized carbons (Fsp3) is 0.547. The average Bonchev–Trinajstić information content (AvgIpc) is 3.67. The number of aromatic amines is 1. The number of carbonyl (C=O) groups excluding carboxylic acids is 5. The molecule has 5 aliphatic rings. The van der Waals surface area contributed by atoms with E-state index in [4.69, 9.17) is 19.4 Å². The van der Waals surface area contributed by atoms with E-state index in [1.807, 2.05) is 45.0 Å². The number of methoxy groups -OCH3 is 1. The van der Waals surface area contributed by atoms with E-state index < -0.39 is 62.3 Å². The topological polar surface area (TPSA) is 200 Å². The van der Waals surface area contributed by atoms with Gasteiger partial charge in [-0.2, -0.15) is 5.10 Å². The van der Waals surface area contributed by atoms with Crippen molar-refractivity contribution in [2.75, 3.05) is 54.5 Å². The maximum atomic E-state index is 16.7. The van der Waals surface area contributed by atoms with Gasteiger partial charge in [-0.3, -0.25) is 44.0 Å². The van der Waals surface area contributed by atoms with Crippen LogP contribution in [0.25, 0.3) is 33.5 Å². The largest absolute Gasteiger partial charge is 0.464 e. The number of cyclic esters (lactones) is 1. The lowest BCUT2D eigenvalue weighted by Crippen LogP contribution is -2.65. The number of likely N-dealkylation sites (tertiary alicyclic amines) is 1. The first-order valence-corrected chi connectivity index (χ1v) is 26.8. The molecular weight excluding hydrogens is 978 g/mol. The Kier molecular flexibility index (Phi) is 13.7. The molecule has 3 fully saturated rings. The molecule has 5 radical (unpaired) electrons. The molecule has 1 aromatic carbocycles. The molecule has 389 valence electrons. The summed E-state index contributed by atoms with van der Waals surface area (Å²) in [5.41, 5.74) is 4.74. The SMILES string of the molecule is CCn1c2c3c4cc(ccc41)-c1n[nH]c(n1)CC1([Si]C1NC(=O)C(=C(C)C)N(C)C(=O)C1(F)CCN(C(=O)C#CC(C)(C)N(C)C)CC1)C(=O)N1CCC[C@@]([Si])(N1)C(=O)OCC(C)(C)C3[C@H](OC)c1ncccc1-2. The quantitative estimate of drug-likeness (QED) is 0.104. The number of fused-ring (bicyclic) bond motifs is 8. The standard InChI is InChI=1S/C53H65FN11O7Si2/c1-12-64-34-17-16-31-27-33(34)37-38(42(71-11)39-32(41(37)64)15-13-23-55-39)49(4,5)29-72-48(70)53(73)19-14-24-65(60-53)47(69)52(28-35-56-43(31)59-58-35)45(74-52)57-44(67)40(30(2)3)62(10)46(68)51(54)21-25-63(26-22-51)36(66)18-20-50(6,7)61(8)9/h13,15-17,23,27,38,42,45,60H,12,14,19,21-22,24-26,28-29H2,1-11H3,(H,57,67)(H,56,58,59)/t38?,42-,45?,52?,53-/m0/s1. The summed E-state index contributed by atoms with van der Waals surface area (Å²) in [5.74, 6) is 3.13. The molecule has 9 rings (SSSR count). The molecule has 3 unspecified atom stereocenters. The Labute approximate surface area is 437 Å². The van der Waals surface area contributed by atoms with Crippen LogP contribution in [0.3, 0.4) is 0 Å². The fourth-order valence-electron chi connectivity index (χ4n) is 11.1. The molecule has 21 heteroatoms. The lowest BCUT2D eigenvalue weighted by molar-refractivity contribution is -0.159. The molecule has 0 saturated carbocycles. The number of carbonyl (C=O) groups is 5. The Morgan fingerprint density at radius 1 is 1.09 bits per heavy atom. The summed E-state index contributed by atoms with van der Waals surface area (Å²) < 4.78 is 31.7. The van der Waals surface area contributed by atoms with Crippen LogP contribution >= 0.6 is 0 Å². The van der Waals surface area contributed by atoms with E-state index >= 15 is 9.18 Å². The van der Waals surface area contributed by atoms with Gasteiger partial charge in [-0.05, 0) is 109 Å². The molecule has 6 bridgehead atoms. The zero-order valence-corrected chi connectivity index (χ0v) is 46.1. The number of nitrogens with one attached hydrogen (secondary N) is 3. The van der Waals surface area contributed by atoms with Crippen molar-refractivity contribution in [2.45, 2.75) is 126 Å². The van der Waals surface area contributed by atoms with E-state index in [-0.39, 0.29) is 72.5 Å². The van der Waals surface area contributed by atoms with Gasteiger partial charge in [0, 0.05) is 105 Å². The smallest absolute Gasteiger partial charge is 0.323 e. The van der Waals surface area contributed by atoms with Crippen LogP contribution in [0.1, 0.15) is 103 Å². The third-order valence-corrected chi connectivity index (χ3v) is 18.1. The minimum atomic E-state index is -2.35. The number of hydrogen-bond donors (Lipinski definition) is 3. The third kappa shape index (κ3) is 9.09. The molecule has 3 saturated heterocycles. The highest BCUT2D eigenvalue weighted by atomic mass is 28.2.